The number of methoxy groups -OCH3 is 2. The van der Waals surface area contributed by atoms with Crippen LogP contribution in [0, 0.1) is 0 Å². The fraction of sp³-hybridized carbons (Fsp3) is 0.333. The fourth-order valence-corrected chi connectivity index (χ4v) is 2.91. The molecular formula is C18H22ClNO2. The number of fused-ring (bicyclic) bond motifs is 1. The number of rotatable bonds is 4. The summed E-state index contributed by atoms with van der Waals surface area (Å²) < 4.78 is 10.5. The molecule has 1 aliphatic rings. The zero-order valence-corrected chi connectivity index (χ0v) is 13.8. The summed E-state index contributed by atoms with van der Waals surface area (Å²) in [5.41, 5.74) is 3.99. The molecular weight excluding hydrogens is 298 g/mol. The lowest BCUT2D eigenvalue weighted by Crippen LogP contribution is -2.27. The zero-order valence-electron chi connectivity index (χ0n) is 13.0. The standard InChI is InChI=1S/C18H21NO2.ClH/c1-20-17-9-6-15(7-10-17)19-16-5-3-13-4-8-18(21-2)12-14(13)11-16;/h4,6-10,12,16,19H,3,5,11H2,1-2H3;1H. The van der Waals surface area contributed by atoms with E-state index in [4.69, 9.17) is 9.47 Å². The molecule has 1 N–H and O–H groups in total. The van der Waals surface area contributed by atoms with E-state index in [9.17, 15) is 0 Å². The number of aryl methyl sites for hydroxylation is 1. The molecule has 3 rings (SSSR count). The van der Waals surface area contributed by atoms with E-state index in [1.807, 2.05) is 12.1 Å². The minimum atomic E-state index is 0. The zero-order chi connectivity index (χ0) is 14.7. The normalized spacial score (nSPS) is 16.2. The maximum atomic E-state index is 5.33. The Morgan fingerprint density at radius 3 is 2.27 bits per heavy atom. The van der Waals surface area contributed by atoms with Crippen molar-refractivity contribution in [3.63, 3.8) is 0 Å². The molecule has 0 radical (unpaired) electrons. The van der Waals surface area contributed by atoms with Gasteiger partial charge in [0.25, 0.3) is 0 Å². The van der Waals surface area contributed by atoms with E-state index in [2.05, 4.69) is 35.6 Å². The van der Waals surface area contributed by atoms with Crippen molar-refractivity contribution in [1.82, 2.24) is 0 Å². The Morgan fingerprint density at radius 1 is 0.909 bits per heavy atom. The minimum absolute atomic E-state index is 0. The van der Waals surface area contributed by atoms with Gasteiger partial charge in [-0.25, -0.2) is 0 Å². The fourth-order valence-electron chi connectivity index (χ4n) is 2.91. The number of hydrogen-bond donors (Lipinski definition) is 1. The Bertz CT molecular complexity index is 613. The third-order valence-corrected chi connectivity index (χ3v) is 4.10. The molecule has 0 fully saturated rings. The summed E-state index contributed by atoms with van der Waals surface area (Å²) in [5.74, 6) is 1.83. The summed E-state index contributed by atoms with van der Waals surface area (Å²) in [7, 11) is 3.41. The van der Waals surface area contributed by atoms with Crippen LogP contribution in [0.1, 0.15) is 17.5 Å². The highest BCUT2D eigenvalue weighted by Gasteiger charge is 2.18. The maximum absolute atomic E-state index is 5.33. The van der Waals surface area contributed by atoms with Crippen LogP contribution in [0.5, 0.6) is 11.5 Å². The van der Waals surface area contributed by atoms with Crippen LogP contribution in [0.3, 0.4) is 0 Å². The molecule has 0 aromatic heterocycles. The average molecular weight is 320 g/mol. The van der Waals surface area contributed by atoms with Gasteiger partial charge in [0.05, 0.1) is 14.2 Å². The molecule has 2 aromatic rings. The first-order valence-electron chi connectivity index (χ1n) is 7.35. The van der Waals surface area contributed by atoms with Gasteiger partial charge in [-0.1, -0.05) is 6.07 Å². The lowest BCUT2D eigenvalue weighted by atomic mass is 9.88. The van der Waals surface area contributed by atoms with E-state index in [0.717, 1.165) is 36.4 Å². The molecule has 0 aliphatic heterocycles. The summed E-state index contributed by atoms with van der Waals surface area (Å²) in [4.78, 5) is 0. The summed E-state index contributed by atoms with van der Waals surface area (Å²) >= 11 is 0. The van der Waals surface area contributed by atoms with Crippen LogP contribution in [0.2, 0.25) is 0 Å². The monoisotopic (exact) mass is 319 g/mol. The Morgan fingerprint density at radius 2 is 1.59 bits per heavy atom. The van der Waals surface area contributed by atoms with Crippen LogP contribution in [0.15, 0.2) is 42.5 Å². The molecule has 1 unspecified atom stereocenters. The number of hydrogen-bond acceptors (Lipinski definition) is 3. The van der Waals surface area contributed by atoms with Gasteiger partial charge in [-0.3, -0.25) is 0 Å². The molecule has 0 spiro atoms. The molecule has 1 atom stereocenters. The van der Waals surface area contributed by atoms with Crippen molar-refractivity contribution < 1.29 is 9.47 Å². The second-order valence-corrected chi connectivity index (χ2v) is 5.45. The van der Waals surface area contributed by atoms with Crippen molar-refractivity contribution in [1.29, 1.82) is 0 Å². The Labute approximate surface area is 138 Å². The Balaban J connectivity index is 0.00000176. The second kappa shape index (κ2) is 7.41. The van der Waals surface area contributed by atoms with Crippen LogP contribution in [0.25, 0.3) is 0 Å². The summed E-state index contributed by atoms with van der Waals surface area (Å²) in [6.45, 7) is 0. The van der Waals surface area contributed by atoms with Gasteiger partial charge in [-0.2, -0.15) is 0 Å². The SMILES string of the molecule is COc1ccc(NC2CCc3ccc(OC)cc3C2)cc1.Cl. The van der Waals surface area contributed by atoms with Crippen molar-refractivity contribution >= 4 is 18.1 Å². The first-order chi connectivity index (χ1) is 10.3. The molecule has 3 nitrogen and oxygen atoms in total. The quantitative estimate of drug-likeness (QED) is 0.920. The van der Waals surface area contributed by atoms with Crippen LogP contribution in [0.4, 0.5) is 5.69 Å². The molecule has 0 saturated heterocycles. The summed E-state index contributed by atoms with van der Waals surface area (Å²) in [6, 6.07) is 15.0. The van der Waals surface area contributed by atoms with Crippen LogP contribution >= 0.6 is 12.4 Å². The molecule has 118 valence electrons. The molecule has 22 heavy (non-hydrogen) atoms. The topological polar surface area (TPSA) is 30.5 Å². The van der Waals surface area contributed by atoms with E-state index in [-0.39, 0.29) is 12.4 Å². The first kappa shape index (κ1) is 16.5. The largest absolute Gasteiger partial charge is 0.497 e. The highest BCUT2D eigenvalue weighted by atomic mass is 35.5. The van der Waals surface area contributed by atoms with Crippen molar-refractivity contribution in [2.24, 2.45) is 0 Å². The average Bonchev–Trinajstić information content (AvgIpc) is 2.55. The van der Waals surface area contributed by atoms with Crippen LogP contribution in [-0.2, 0) is 12.8 Å². The van der Waals surface area contributed by atoms with Gasteiger partial charge in [0, 0.05) is 11.7 Å². The van der Waals surface area contributed by atoms with Crippen molar-refractivity contribution in [3.8, 4) is 11.5 Å². The number of halogens is 1. The number of ether oxygens (including phenoxy) is 2. The predicted molar refractivity (Wildman–Crippen MR) is 92.7 cm³/mol. The Hall–Kier alpha value is -1.87. The van der Waals surface area contributed by atoms with Gasteiger partial charge < -0.3 is 14.8 Å². The van der Waals surface area contributed by atoms with E-state index in [0.29, 0.717) is 6.04 Å². The van der Waals surface area contributed by atoms with Gasteiger partial charge in [0.2, 0.25) is 0 Å². The van der Waals surface area contributed by atoms with E-state index >= 15 is 0 Å². The molecule has 0 saturated carbocycles. The highest BCUT2D eigenvalue weighted by molar-refractivity contribution is 5.85. The second-order valence-electron chi connectivity index (χ2n) is 5.45. The summed E-state index contributed by atoms with van der Waals surface area (Å²) in [5, 5.41) is 3.61. The minimum Gasteiger partial charge on any atom is -0.497 e. The van der Waals surface area contributed by atoms with E-state index < -0.39 is 0 Å². The van der Waals surface area contributed by atoms with Gasteiger partial charge >= 0.3 is 0 Å². The lowest BCUT2D eigenvalue weighted by molar-refractivity contribution is 0.413. The van der Waals surface area contributed by atoms with Crippen molar-refractivity contribution in [2.75, 3.05) is 19.5 Å². The van der Waals surface area contributed by atoms with E-state index in [1.54, 1.807) is 14.2 Å². The smallest absolute Gasteiger partial charge is 0.119 e. The predicted octanol–water partition coefficient (Wildman–Crippen LogP) is 4.10. The molecule has 2 aromatic carbocycles. The van der Waals surface area contributed by atoms with Crippen LogP contribution in [-0.4, -0.2) is 20.3 Å². The Kier molecular flexibility index (Phi) is 5.56. The van der Waals surface area contributed by atoms with Gasteiger partial charge in [0.1, 0.15) is 11.5 Å². The van der Waals surface area contributed by atoms with Crippen molar-refractivity contribution in [3.05, 3.63) is 53.6 Å². The van der Waals surface area contributed by atoms with Gasteiger partial charge in [0.15, 0.2) is 0 Å². The van der Waals surface area contributed by atoms with Gasteiger partial charge in [-0.05, 0) is 66.8 Å². The number of benzene rings is 2. The molecule has 4 heteroatoms. The molecule has 0 heterocycles. The molecule has 0 bridgehead atoms. The van der Waals surface area contributed by atoms with Crippen LogP contribution < -0.4 is 14.8 Å². The molecule has 1 aliphatic carbocycles. The lowest BCUT2D eigenvalue weighted by Gasteiger charge is -2.26. The third-order valence-electron chi connectivity index (χ3n) is 4.10. The first-order valence-corrected chi connectivity index (χ1v) is 7.35. The third kappa shape index (κ3) is 3.66. The van der Waals surface area contributed by atoms with E-state index in [1.165, 1.54) is 11.1 Å². The number of anilines is 1. The summed E-state index contributed by atoms with van der Waals surface area (Å²) in [6.07, 6.45) is 3.32. The maximum Gasteiger partial charge on any atom is 0.119 e. The molecule has 0 amide bonds. The van der Waals surface area contributed by atoms with Gasteiger partial charge in [-0.15, -0.1) is 12.4 Å². The van der Waals surface area contributed by atoms with Crippen molar-refractivity contribution in [2.45, 2.75) is 25.3 Å². The number of nitrogens with one attached hydrogen (secondary N) is 1. The highest BCUT2D eigenvalue weighted by Crippen LogP contribution is 2.27.